The summed E-state index contributed by atoms with van der Waals surface area (Å²) in [5.74, 6) is 0.00907. The molecule has 0 fully saturated rings. The monoisotopic (exact) mass is 319 g/mol. The number of halogens is 1. The number of imidazole rings is 1. The molecule has 0 radical (unpaired) electrons. The zero-order valence-corrected chi connectivity index (χ0v) is 13.0. The van der Waals surface area contributed by atoms with E-state index < -0.39 is 0 Å². The van der Waals surface area contributed by atoms with E-state index in [1.54, 1.807) is 6.33 Å². The molecule has 0 amide bonds. The first-order chi connectivity index (χ1) is 11.3. The van der Waals surface area contributed by atoms with E-state index in [0.717, 1.165) is 32.7 Å². The third-order valence-corrected chi connectivity index (χ3v) is 4.22. The first-order valence-electron chi connectivity index (χ1n) is 7.40. The molecule has 4 heteroatoms. The van der Waals surface area contributed by atoms with Crippen LogP contribution in [0.3, 0.4) is 0 Å². The molecule has 0 saturated heterocycles. The molecule has 2 aromatic carbocycles. The Balaban J connectivity index is 1.98. The standard InChI is InChI=1S/C19H14ClN3/c20-15-7-1-5-14(10-15)18(17-11-21-12-23-17)16-8-2-4-13-6-3-9-22-19(13)16/h1-12,18H,(H,21,23). The molecule has 23 heavy (non-hydrogen) atoms. The van der Waals surface area contributed by atoms with Crippen molar-refractivity contribution in [2.45, 2.75) is 5.92 Å². The van der Waals surface area contributed by atoms with Crippen molar-refractivity contribution in [1.82, 2.24) is 15.0 Å². The number of pyridine rings is 1. The van der Waals surface area contributed by atoms with Crippen LogP contribution in [0.15, 0.2) is 73.3 Å². The van der Waals surface area contributed by atoms with Crippen LogP contribution in [-0.4, -0.2) is 15.0 Å². The smallest absolute Gasteiger partial charge is 0.0922 e. The minimum Gasteiger partial charge on any atom is -0.348 e. The van der Waals surface area contributed by atoms with Crippen molar-refractivity contribution in [2.75, 3.05) is 0 Å². The van der Waals surface area contributed by atoms with Gasteiger partial charge >= 0.3 is 0 Å². The molecule has 0 saturated carbocycles. The third-order valence-electron chi connectivity index (χ3n) is 3.99. The van der Waals surface area contributed by atoms with E-state index in [9.17, 15) is 0 Å². The molecule has 1 N–H and O–H groups in total. The fourth-order valence-electron chi connectivity index (χ4n) is 3.00. The molecule has 3 nitrogen and oxygen atoms in total. The lowest BCUT2D eigenvalue weighted by Crippen LogP contribution is -2.05. The summed E-state index contributed by atoms with van der Waals surface area (Å²) < 4.78 is 0. The van der Waals surface area contributed by atoms with Gasteiger partial charge in [0.1, 0.15) is 0 Å². The van der Waals surface area contributed by atoms with E-state index >= 15 is 0 Å². The fourth-order valence-corrected chi connectivity index (χ4v) is 3.20. The number of para-hydroxylation sites is 1. The van der Waals surface area contributed by atoms with Crippen LogP contribution >= 0.6 is 11.6 Å². The quantitative estimate of drug-likeness (QED) is 0.590. The maximum Gasteiger partial charge on any atom is 0.0922 e. The molecule has 112 valence electrons. The van der Waals surface area contributed by atoms with Crippen molar-refractivity contribution in [1.29, 1.82) is 0 Å². The summed E-state index contributed by atoms with van der Waals surface area (Å²) >= 11 is 6.21. The van der Waals surface area contributed by atoms with E-state index in [4.69, 9.17) is 11.6 Å². The van der Waals surface area contributed by atoms with Gasteiger partial charge < -0.3 is 4.98 Å². The van der Waals surface area contributed by atoms with E-state index in [1.807, 2.05) is 36.7 Å². The number of hydrogen-bond acceptors (Lipinski definition) is 2. The molecule has 2 heterocycles. The third kappa shape index (κ3) is 2.60. The van der Waals surface area contributed by atoms with Gasteiger partial charge in [-0.15, -0.1) is 0 Å². The minimum absolute atomic E-state index is 0.00907. The average Bonchev–Trinajstić information content (AvgIpc) is 3.10. The van der Waals surface area contributed by atoms with E-state index in [-0.39, 0.29) is 5.92 Å². The molecule has 4 aromatic rings. The van der Waals surface area contributed by atoms with Crippen LogP contribution in [0, 0.1) is 0 Å². The van der Waals surface area contributed by atoms with Gasteiger partial charge in [-0.05, 0) is 29.3 Å². The summed E-state index contributed by atoms with van der Waals surface area (Å²) in [6.07, 6.45) is 5.38. The highest BCUT2D eigenvalue weighted by atomic mass is 35.5. The Morgan fingerprint density at radius 3 is 2.70 bits per heavy atom. The lowest BCUT2D eigenvalue weighted by Gasteiger charge is -2.18. The van der Waals surface area contributed by atoms with E-state index in [2.05, 4.69) is 45.3 Å². The summed E-state index contributed by atoms with van der Waals surface area (Å²) in [5, 5.41) is 1.84. The Morgan fingerprint density at radius 1 is 1.00 bits per heavy atom. The van der Waals surface area contributed by atoms with Crippen LogP contribution in [0.2, 0.25) is 5.02 Å². The SMILES string of the molecule is Clc1cccc(C(c2cnc[nH]2)c2cccc3cccnc23)c1. The molecule has 0 aliphatic heterocycles. The molecular formula is C19H14ClN3. The first kappa shape index (κ1) is 14.0. The highest BCUT2D eigenvalue weighted by molar-refractivity contribution is 6.30. The molecular weight excluding hydrogens is 306 g/mol. The van der Waals surface area contributed by atoms with Gasteiger partial charge in [0.15, 0.2) is 0 Å². The predicted octanol–water partition coefficient (Wildman–Crippen LogP) is 4.79. The van der Waals surface area contributed by atoms with E-state index in [0.29, 0.717) is 0 Å². The van der Waals surface area contributed by atoms with Crippen LogP contribution < -0.4 is 0 Å². The Labute approximate surface area is 139 Å². The van der Waals surface area contributed by atoms with Crippen LogP contribution in [-0.2, 0) is 0 Å². The number of nitrogens with one attached hydrogen (secondary N) is 1. The van der Waals surface area contributed by atoms with Crippen molar-refractivity contribution >= 4 is 22.5 Å². The van der Waals surface area contributed by atoms with Gasteiger partial charge in [-0.3, -0.25) is 4.98 Å². The number of rotatable bonds is 3. The van der Waals surface area contributed by atoms with Gasteiger partial charge in [-0.25, -0.2) is 4.98 Å². The number of benzene rings is 2. The number of fused-ring (bicyclic) bond motifs is 1. The van der Waals surface area contributed by atoms with Crippen LogP contribution in [0.5, 0.6) is 0 Å². The van der Waals surface area contributed by atoms with Gasteiger partial charge in [0.25, 0.3) is 0 Å². The maximum absolute atomic E-state index is 6.21. The first-order valence-corrected chi connectivity index (χ1v) is 7.78. The fraction of sp³-hybridized carbons (Fsp3) is 0.0526. The molecule has 1 unspecified atom stereocenters. The van der Waals surface area contributed by atoms with Crippen molar-refractivity contribution < 1.29 is 0 Å². The Morgan fingerprint density at radius 2 is 1.87 bits per heavy atom. The lowest BCUT2D eigenvalue weighted by molar-refractivity contribution is 0.938. The summed E-state index contributed by atoms with van der Waals surface area (Å²) in [5.41, 5.74) is 4.26. The number of hydrogen-bond donors (Lipinski definition) is 1. The highest BCUT2D eigenvalue weighted by Crippen LogP contribution is 2.35. The maximum atomic E-state index is 6.21. The van der Waals surface area contributed by atoms with Crippen molar-refractivity contribution in [3.63, 3.8) is 0 Å². The largest absolute Gasteiger partial charge is 0.348 e. The number of H-pyrrole nitrogens is 1. The van der Waals surface area contributed by atoms with Crippen LogP contribution in [0.4, 0.5) is 0 Å². The van der Waals surface area contributed by atoms with Gasteiger partial charge in [-0.2, -0.15) is 0 Å². The molecule has 2 aromatic heterocycles. The zero-order chi connectivity index (χ0) is 15.6. The molecule has 1 atom stereocenters. The minimum atomic E-state index is 0.00907. The lowest BCUT2D eigenvalue weighted by atomic mass is 9.87. The van der Waals surface area contributed by atoms with Gasteiger partial charge in [0.2, 0.25) is 0 Å². The average molecular weight is 320 g/mol. The molecule has 0 aliphatic carbocycles. The van der Waals surface area contributed by atoms with Gasteiger partial charge in [0, 0.05) is 28.5 Å². The van der Waals surface area contributed by atoms with Gasteiger partial charge in [-0.1, -0.05) is 48.0 Å². The van der Waals surface area contributed by atoms with Crippen molar-refractivity contribution in [3.8, 4) is 0 Å². The summed E-state index contributed by atoms with van der Waals surface area (Å²) in [7, 11) is 0. The highest BCUT2D eigenvalue weighted by Gasteiger charge is 2.21. The van der Waals surface area contributed by atoms with E-state index in [1.165, 1.54) is 0 Å². The number of aromatic nitrogens is 3. The Kier molecular flexibility index (Phi) is 3.56. The number of nitrogens with zero attached hydrogens (tertiary/aromatic N) is 2. The second-order valence-electron chi connectivity index (χ2n) is 5.42. The second-order valence-corrected chi connectivity index (χ2v) is 5.85. The topological polar surface area (TPSA) is 41.6 Å². The Hall–Kier alpha value is -2.65. The molecule has 0 aliphatic rings. The molecule has 0 spiro atoms. The predicted molar refractivity (Wildman–Crippen MR) is 92.7 cm³/mol. The number of aromatic amines is 1. The van der Waals surface area contributed by atoms with Crippen molar-refractivity contribution in [2.24, 2.45) is 0 Å². The second kappa shape index (κ2) is 5.86. The Bertz CT molecular complexity index is 942. The van der Waals surface area contributed by atoms with Crippen LogP contribution in [0.25, 0.3) is 10.9 Å². The summed E-state index contributed by atoms with van der Waals surface area (Å²) in [6, 6.07) is 18.2. The molecule has 0 bridgehead atoms. The summed E-state index contributed by atoms with van der Waals surface area (Å²) in [6.45, 7) is 0. The van der Waals surface area contributed by atoms with Gasteiger partial charge in [0.05, 0.1) is 17.8 Å². The zero-order valence-electron chi connectivity index (χ0n) is 12.3. The molecule has 4 rings (SSSR count). The van der Waals surface area contributed by atoms with Crippen LogP contribution in [0.1, 0.15) is 22.7 Å². The van der Waals surface area contributed by atoms with Crippen molar-refractivity contribution in [3.05, 3.63) is 95.2 Å². The summed E-state index contributed by atoms with van der Waals surface area (Å²) in [4.78, 5) is 12.0. The normalized spacial score (nSPS) is 12.4.